The van der Waals surface area contributed by atoms with E-state index < -0.39 is 18.8 Å². The molecule has 92 valence electrons. The fourth-order valence-corrected chi connectivity index (χ4v) is 2.65. The predicted molar refractivity (Wildman–Crippen MR) is 60.6 cm³/mol. The first-order valence-electron chi connectivity index (χ1n) is 4.50. The lowest BCUT2D eigenvalue weighted by molar-refractivity contribution is -0.174. The van der Waals surface area contributed by atoms with Crippen LogP contribution < -0.4 is 5.73 Å². The summed E-state index contributed by atoms with van der Waals surface area (Å²) in [6.45, 7) is -1.33. The van der Waals surface area contributed by atoms with Gasteiger partial charge in [0.15, 0.2) is 0 Å². The van der Waals surface area contributed by atoms with E-state index in [1.807, 2.05) is 11.4 Å². The fraction of sp³-hybridized carbons (Fsp3) is 0.556. The van der Waals surface area contributed by atoms with Gasteiger partial charge in [0.2, 0.25) is 0 Å². The molecule has 0 aliphatic heterocycles. The maximum Gasteiger partial charge on any atom is 0.411 e. The molecule has 1 rings (SSSR count). The first kappa shape index (κ1) is 14.0. The molecule has 1 heterocycles. The van der Waals surface area contributed by atoms with Crippen molar-refractivity contribution in [3.05, 3.63) is 20.8 Å². The number of rotatable bonds is 5. The van der Waals surface area contributed by atoms with Gasteiger partial charge in [0, 0.05) is 20.8 Å². The average molecular weight is 318 g/mol. The molecular formula is C9H11BrF3NOS. The minimum atomic E-state index is -4.29. The lowest BCUT2D eigenvalue weighted by Gasteiger charge is -2.12. The van der Waals surface area contributed by atoms with Crippen molar-refractivity contribution >= 4 is 27.3 Å². The summed E-state index contributed by atoms with van der Waals surface area (Å²) in [4.78, 5) is 1.02. The third-order valence-corrected chi connectivity index (χ3v) is 3.40. The number of hydrogen-bond acceptors (Lipinski definition) is 3. The van der Waals surface area contributed by atoms with Crippen LogP contribution in [0.15, 0.2) is 15.9 Å². The number of hydrogen-bond donors (Lipinski definition) is 1. The molecule has 16 heavy (non-hydrogen) atoms. The second-order valence-electron chi connectivity index (χ2n) is 3.33. The molecule has 2 N–H and O–H groups in total. The van der Waals surface area contributed by atoms with Crippen LogP contribution in [-0.4, -0.2) is 25.4 Å². The first-order chi connectivity index (χ1) is 7.37. The van der Waals surface area contributed by atoms with Gasteiger partial charge in [-0.3, -0.25) is 0 Å². The topological polar surface area (TPSA) is 35.2 Å². The molecule has 0 saturated carbocycles. The molecule has 1 aromatic heterocycles. The SMILES string of the molecule is NC(COCC(F)(F)F)Cc1cc(Br)cs1. The standard InChI is InChI=1S/C9H11BrF3NOS/c10-6-1-8(16-4-6)2-7(14)3-15-5-9(11,12)13/h1,4,7H,2-3,5,14H2. The molecule has 7 heteroatoms. The first-order valence-corrected chi connectivity index (χ1v) is 6.17. The van der Waals surface area contributed by atoms with Gasteiger partial charge in [-0.2, -0.15) is 13.2 Å². The Balaban J connectivity index is 2.23. The van der Waals surface area contributed by atoms with Crippen LogP contribution in [0.3, 0.4) is 0 Å². The van der Waals surface area contributed by atoms with Crippen molar-refractivity contribution in [2.75, 3.05) is 13.2 Å². The fourth-order valence-electron chi connectivity index (χ4n) is 1.10. The van der Waals surface area contributed by atoms with E-state index in [0.717, 1.165) is 9.35 Å². The van der Waals surface area contributed by atoms with E-state index in [2.05, 4.69) is 20.7 Å². The Morgan fingerprint density at radius 2 is 2.19 bits per heavy atom. The van der Waals surface area contributed by atoms with Crippen molar-refractivity contribution in [1.82, 2.24) is 0 Å². The van der Waals surface area contributed by atoms with Crippen molar-refractivity contribution in [2.24, 2.45) is 5.73 Å². The number of thiophene rings is 1. The van der Waals surface area contributed by atoms with E-state index >= 15 is 0 Å². The van der Waals surface area contributed by atoms with Crippen molar-refractivity contribution in [3.63, 3.8) is 0 Å². The van der Waals surface area contributed by atoms with Crippen LogP contribution in [-0.2, 0) is 11.2 Å². The maximum absolute atomic E-state index is 11.8. The van der Waals surface area contributed by atoms with E-state index in [1.165, 1.54) is 11.3 Å². The number of halogens is 4. The highest BCUT2D eigenvalue weighted by Gasteiger charge is 2.27. The van der Waals surface area contributed by atoms with Gasteiger partial charge in [-0.15, -0.1) is 11.3 Å². The van der Waals surface area contributed by atoms with Crippen LogP contribution in [0.2, 0.25) is 0 Å². The zero-order valence-corrected chi connectivity index (χ0v) is 10.7. The summed E-state index contributed by atoms with van der Waals surface area (Å²) in [5.41, 5.74) is 5.64. The number of ether oxygens (including phenoxy) is 1. The molecule has 0 amide bonds. The van der Waals surface area contributed by atoms with Crippen LogP contribution >= 0.6 is 27.3 Å². The zero-order chi connectivity index (χ0) is 12.2. The average Bonchev–Trinajstić information content (AvgIpc) is 2.48. The minimum Gasteiger partial charge on any atom is -0.370 e. The summed E-state index contributed by atoms with van der Waals surface area (Å²) in [6.07, 6.45) is -3.76. The van der Waals surface area contributed by atoms with E-state index in [1.54, 1.807) is 0 Å². The molecule has 0 aromatic carbocycles. The zero-order valence-electron chi connectivity index (χ0n) is 8.26. The Morgan fingerprint density at radius 3 is 2.69 bits per heavy atom. The van der Waals surface area contributed by atoms with Crippen LogP contribution in [0.5, 0.6) is 0 Å². The molecule has 0 aliphatic rings. The molecule has 0 fully saturated rings. The van der Waals surface area contributed by atoms with Gasteiger partial charge in [0.1, 0.15) is 6.61 Å². The van der Waals surface area contributed by atoms with Crippen LogP contribution in [0.25, 0.3) is 0 Å². The Hall–Kier alpha value is -0.110. The van der Waals surface area contributed by atoms with Crippen LogP contribution in [0.4, 0.5) is 13.2 Å². The van der Waals surface area contributed by atoms with Crippen molar-refractivity contribution in [3.8, 4) is 0 Å². The highest BCUT2D eigenvalue weighted by atomic mass is 79.9. The third kappa shape index (κ3) is 5.83. The molecule has 0 spiro atoms. The summed E-state index contributed by atoms with van der Waals surface area (Å²) < 4.78 is 40.7. The molecule has 0 aliphatic carbocycles. The summed E-state index contributed by atoms with van der Waals surface area (Å²) in [7, 11) is 0. The Morgan fingerprint density at radius 1 is 1.50 bits per heavy atom. The van der Waals surface area contributed by atoms with E-state index in [4.69, 9.17) is 5.73 Å². The van der Waals surface area contributed by atoms with Gasteiger partial charge < -0.3 is 10.5 Å². The molecular weight excluding hydrogens is 307 g/mol. The van der Waals surface area contributed by atoms with E-state index in [9.17, 15) is 13.2 Å². The Labute approximate surface area is 104 Å². The van der Waals surface area contributed by atoms with Gasteiger partial charge in [-0.1, -0.05) is 0 Å². The highest BCUT2D eigenvalue weighted by molar-refractivity contribution is 9.10. The molecule has 0 bridgehead atoms. The Kier molecular flexibility index (Phi) is 5.23. The number of nitrogens with two attached hydrogens (primary N) is 1. The molecule has 1 atom stereocenters. The van der Waals surface area contributed by atoms with E-state index in [0.29, 0.717) is 6.42 Å². The van der Waals surface area contributed by atoms with Gasteiger partial charge in [0.05, 0.1) is 6.61 Å². The van der Waals surface area contributed by atoms with Crippen LogP contribution in [0, 0.1) is 0 Å². The summed E-state index contributed by atoms with van der Waals surface area (Å²) in [6, 6.07) is 1.49. The lowest BCUT2D eigenvalue weighted by atomic mass is 10.2. The number of alkyl halides is 3. The summed E-state index contributed by atoms with van der Waals surface area (Å²) in [5.74, 6) is 0. The lowest BCUT2D eigenvalue weighted by Crippen LogP contribution is -2.30. The summed E-state index contributed by atoms with van der Waals surface area (Å²) >= 11 is 4.80. The predicted octanol–water partition coefficient (Wildman–Crippen LogP) is 2.96. The minimum absolute atomic E-state index is 0.0883. The largest absolute Gasteiger partial charge is 0.411 e. The second kappa shape index (κ2) is 6.00. The molecule has 2 nitrogen and oxygen atoms in total. The van der Waals surface area contributed by atoms with Crippen LogP contribution in [0.1, 0.15) is 4.88 Å². The van der Waals surface area contributed by atoms with E-state index in [-0.39, 0.29) is 6.61 Å². The second-order valence-corrected chi connectivity index (χ2v) is 5.24. The molecule has 1 aromatic rings. The van der Waals surface area contributed by atoms with Gasteiger partial charge in [-0.05, 0) is 28.4 Å². The Bertz CT molecular complexity index is 329. The molecule has 0 saturated heterocycles. The monoisotopic (exact) mass is 317 g/mol. The quantitative estimate of drug-likeness (QED) is 0.906. The maximum atomic E-state index is 11.8. The third-order valence-electron chi connectivity index (χ3n) is 1.68. The van der Waals surface area contributed by atoms with Gasteiger partial charge in [0.25, 0.3) is 0 Å². The molecule has 0 radical (unpaired) electrons. The van der Waals surface area contributed by atoms with Gasteiger partial charge >= 0.3 is 6.18 Å². The van der Waals surface area contributed by atoms with Crippen molar-refractivity contribution in [1.29, 1.82) is 0 Å². The van der Waals surface area contributed by atoms with Gasteiger partial charge in [-0.25, -0.2) is 0 Å². The summed E-state index contributed by atoms with van der Waals surface area (Å²) in [5, 5.41) is 1.90. The van der Waals surface area contributed by atoms with Crippen molar-refractivity contribution in [2.45, 2.75) is 18.6 Å². The molecule has 1 unspecified atom stereocenters. The smallest absolute Gasteiger partial charge is 0.370 e. The normalized spacial score (nSPS) is 14.1. The van der Waals surface area contributed by atoms with Crippen molar-refractivity contribution < 1.29 is 17.9 Å². The highest BCUT2D eigenvalue weighted by Crippen LogP contribution is 2.21.